The van der Waals surface area contributed by atoms with Gasteiger partial charge in [0.25, 0.3) is 0 Å². The van der Waals surface area contributed by atoms with Crippen molar-refractivity contribution in [1.29, 1.82) is 0 Å². The highest BCUT2D eigenvalue weighted by Crippen LogP contribution is 2.23. The molecule has 0 spiro atoms. The third-order valence-electron chi connectivity index (χ3n) is 1.60. The van der Waals surface area contributed by atoms with Gasteiger partial charge in [0.05, 0.1) is 6.61 Å². The maximum atomic E-state index is 7.00. The Morgan fingerprint density at radius 2 is 2.00 bits per heavy atom. The van der Waals surface area contributed by atoms with Gasteiger partial charge in [-0.05, 0) is 11.6 Å². The zero-order valence-electron chi connectivity index (χ0n) is 6.58. The zero-order chi connectivity index (χ0) is 8.10. The lowest BCUT2D eigenvalue weighted by Gasteiger charge is -1.93. The molecule has 0 saturated carbocycles. The summed E-state index contributed by atoms with van der Waals surface area (Å²) in [7, 11) is 1.00. The van der Waals surface area contributed by atoms with Gasteiger partial charge < -0.3 is 9.84 Å². The van der Waals surface area contributed by atoms with Crippen LogP contribution in [0.1, 0.15) is 5.56 Å². The van der Waals surface area contributed by atoms with Crippen LogP contribution in [0.15, 0.2) is 24.3 Å². The fourth-order valence-corrected chi connectivity index (χ4v) is 1.12. The highest BCUT2D eigenvalue weighted by atomic mass is 16.5. The Morgan fingerprint density at radius 1 is 1.27 bits per heavy atom. The zero-order valence-corrected chi connectivity index (χ0v) is 6.58. The van der Waals surface area contributed by atoms with Crippen LogP contribution in [0.4, 0.5) is 0 Å². The number of aliphatic hydroxyl groups is 1. The monoisotopic (exact) mass is 152 g/mol. The second kappa shape index (κ2) is 3.98. The van der Waals surface area contributed by atoms with Crippen LogP contribution in [-0.2, 0) is 6.42 Å². The molecule has 0 radical (unpaired) electrons. The largest absolute Gasteiger partial charge is 0.493 e. The minimum atomic E-state index is 0.860. The number of hydrogen-bond acceptors (Lipinski definition) is 2. The van der Waals surface area contributed by atoms with Gasteiger partial charge in [-0.1, -0.05) is 18.2 Å². The summed E-state index contributed by atoms with van der Waals surface area (Å²) in [5.74, 6) is 1.07. The minimum absolute atomic E-state index is 0.860. The van der Waals surface area contributed by atoms with Crippen LogP contribution < -0.4 is 4.74 Å². The van der Waals surface area contributed by atoms with E-state index in [0.717, 1.165) is 25.9 Å². The second-order valence-electron chi connectivity index (χ2n) is 2.21. The number of benzene rings is 1. The van der Waals surface area contributed by atoms with Gasteiger partial charge in [-0.25, -0.2) is 0 Å². The van der Waals surface area contributed by atoms with E-state index in [-0.39, 0.29) is 0 Å². The Labute approximate surface area is 66.4 Å². The second-order valence-corrected chi connectivity index (χ2v) is 2.21. The Balaban J connectivity index is 0.000000281. The summed E-state index contributed by atoms with van der Waals surface area (Å²) in [6.07, 6.45) is 1.08. The van der Waals surface area contributed by atoms with Crippen molar-refractivity contribution in [1.82, 2.24) is 0 Å². The summed E-state index contributed by atoms with van der Waals surface area (Å²) in [6, 6.07) is 8.18. The molecule has 11 heavy (non-hydrogen) atoms. The van der Waals surface area contributed by atoms with Crippen LogP contribution in [0.2, 0.25) is 0 Å². The summed E-state index contributed by atoms with van der Waals surface area (Å²) in [6.45, 7) is 0.860. The predicted molar refractivity (Wildman–Crippen MR) is 43.8 cm³/mol. The standard InChI is InChI=1S/C8H8O.CH4O/c1-2-4-8-7(3-1)5-6-9-8;1-2/h1-4H,5-6H2;2H,1H3. The number of para-hydroxylation sites is 1. The number of aliphatic hydroxyl groups excluding tert-OH is 1. The highest BCUT2D eigenvalue weighted by molar-refractivity contribution is 5.35. The van der Waals surface area contributed by atoms with Crippen molar-refractivity contribution < 1.29 is 9.84 Å². The van der Waals surface area contributed by atoms with Gasteiger partial charge in [-0.15, -0.1) is 0 Å². The van der Waals surface area contributed by atoms with E-state index in [9.17, 15) is 0 Å². The third kappa shape index (κ3) is 1.71. The fraction of sp³-hybridized carbons (Fsp3) is 0.333. The molecule has 1 aliphatic heterocycles. The molecule has 0 saturated heterocycles. The molecule has 1 heterocycles. The first-order chi connectivity index (χ1) is 5.47. The van der Waals surface area contributed by atoms with Crippen LogP contribution in [0.3, 0.4) is 0 Å². The lowest BCUT2D eigenvalue weighted by molar-refractivity contribution is 0.357. The van der Waals surface area contributed by atoms with Crippen LogP contribution >= 0.6 is 0 Å². The molecule has 2 rings (SSSR count). The van der Waals surface area contributed by atoms with Crippen molar-refractivity contribution in [3.63, 3.8) is 0 Å². The molecule has 1 N–H and O–H groups in total. The molecule has 1 aliphatic rings. The van der Waals surface area contributed by atoms with Crippen LogP contribution in [0.25, 0.3) is 0 Å². The number of fused-ring (bicyclic) bond motifs is 1. The first-order valence-corrected chi connectivity index (χ1v) is 3.62. The van der Waals surface area contributed by atoms with Gasteiger partial charge in [0.2, 0.25) is 0 Å². The molecule has 0 aromatic heterocycles. The maximum Gasteiger partial charge on any atom is 0.122 e. The average molecular weight is 152 g/mol. The van der Waals surface area contributed by atoms with Gasteiger partial charge in [0.1, 0.15) is 5.75 Å². The Morgan fingerprint density at radius 3 is 2.73 bits per heavy atom. The van der Waals surface area contributed by atoms with Crippen molar-refractivity contribution in [2.45, 2.75) is 6.42 Å². The topological polar surface area (TPSA) is 29.5 Å². The number of rotatable bonds is 0. The smallest absolute Gasteiger partial charge is 0.122 e. The van der Waals surface area contributed by atoms with Crippen LogP contribution in [0.5, 0.6) is 5.75 Å². The van der Waals surface area contributed by atoms with Crippen molar-refractivity contribution in [2.75, 3.05) is 13.7 Å². The lowest BCUT2D eigenvalue weighted by Crippen LogP contribution is -1.85. The molecule has 60 valence electrons. The van der Waals surface area contributed by atoms with Gasteiger partial charge in [0.15, 0.2) is 0 Å². The van der Waals surface area contributed by atoms with E-state index in [2.05, 4.69) is 6.07 Å². The lowest BCUT2D eigenvalue weighted by atomic mass is 10.2. The normalized spacial score (nSPS) is 12.5. The van der Waals surface area contributed by atoms with E-state index in [0.29, 0.717) is 0 Å². The molecule has 2 heteroatoms. The van der Waals surface area contributed by atoms with E-state index < -0.39 is 0 Å². The average Bonchev–Trinajstić information content (AvgIpc) is 2.55. The van der Waals surface area contributed by atoms with E-state index in [4.69, 9.17) is 9.84 Å². The summed E-state index contributed by atoms with van der Waals surface area (Å²) in [5.41, 5.74) is 1.34. The SMILES string of the molecule is CO.c1ccc2c(c1)CCO2. The summed E-state index contributed by atoms with van der Waals surface area (Å²) in [4.78, 5) is 0. The van der Waals surface area contributed by atoms with E-state index in [1.807, 2.05) is 18.2 Å². The number of ether oxygens (including phenoxy) is 1. The minimum Gasteiger partial charge on any atom is -0.493 e. The van der Waals surface area contributed by atoms with Crippen molar-refractivity contribution >= 4 is 0 Å². The fourth-order valence-electron chi connectivity index (χ4n) is 1.12. The van der Waals surface area contributed by atoms with Crippen LogP contribution in [0, 0.1) is 0 Å². The van der Waals surface area contributed by atoms with Gasteiger partial charge in [-0.3, -0.25) is 0 Å². The predicted octanol–water partition coefficient (Wildman–Crippen LogP) is 1.23. The van der Waals surface area contributed by atoms with E-state index in [1.165, 1.54) is 5.56 Å². The summed E-state index contributed by atoms with van der Waals surface area (Å²) in [5, 5.41) is 7.00. The molecular weight excluding hydrogens is 140 g/mol. The first-order valence-electron chi connectivity index (χ1n) is 3.62. The Kier molecular flexibility index (Phi) is 2.93. The molecule has 2 nitrogen and oxygen atoms in total. The highest BCUT2D eigenvalue weighted by Gasteiger charge is 2.08. The third-order valence-corrected chi connectivity index (χ3v) is 1.60. The molecule has 0 aliphatic carbocycles. The van der Waals surface area contributed by atoms with Crippen molar-refractivity contribution in [3.8, 4) is 5.75 Å². The quantitative estimate of drug-likeness (QED) is 0.606. The van der Waals surface area contributed by atoms with Crippen molar-refractivity contribution in [2.24, 2.45) is 0 Å². The van der Waals surface area contributed by atoms with E-state index >= 15 is 0 Å². The molecule has 0 bridgehead atoms. The van der Waals surface area contributed by atoms with Gasteiger partial charge in [-0.2, -0.15) is 0 Å². The molecule has 0 amide bonds. The first kappa shape index (κ1) is 8.08. The van der Waals surface area contributed by atoms with Crippen LogP contribution in [-0.4, -0.2) is 18.8 Å². The summed E-state index contributed by atoms with van der Waals surface area (Å²) < 4.78 is 5.30. The van der Waals surface area contributed by atoms with Crippen molar-refractivity contribution in [3.05, 3.63) is 29.8 Å². The summed E-state index contributed by atoms with van der Waals surface area (Å²) >= 11 is 0. The number of hydrogen-bond donors (Lipinski definition) is 1. The molecule has 1 aromatic rings. The molecule has 0 unspecified atom stereocenters. The molecule has 1 aromatic carbocycles. The molecule has 0 fully saturated rings. The van der Waals surface area contributed by atoms with Gasteiger partial charge >= 0.3 is 0 Å². The van der Waals surface area contributed by atoms with Gasteiger partial charge in [0, 0.05) is 13.5 Å². The Bertz CT molecular complexity index is 198. The Hall–Kier alpha value is -1.02. The molecule has 0 atom stereocenters. The van der Waals surface area contributed by atoms with E-state index in [1.54, 1.807) is 0 Å². The maximum absolute atomic E-state index is 7.00. The molecular formula is C9H12O2.